The number of hydrogen-bond donors (Lipinski definition) is 2. The molecule has 7 nitrogen and oxygen atoms in total. The molecule has 3 amide bonds. The van der Waals surface area contributed by atoms with E-state index >= 15 is 0 Å². The van der Waals surface area contributed by atoms with Crippen molar-refractivity contribution in [2.75, 3.05) is 19.7 Å². The van der Waals surface area contributed by atoms with Crippen LogP contribution in [-0.4, -0.2) is 48.4 Å². The monoisotopic (exact) mass is 421 g/mol. The number of fused-ring (bicyclic) bond motifs is 1. The number of nitrogens with one attached hydrogen (secondary N) is 2. The molecule has 0 bridgehead atoms. The van der Waals surface area contributed by atoms with Crippen molar-refractivity contribution in [1.29, 1.82) is 0 Å². The van der Waals surface area contributed by atoms with Crippen molar-refractivity contribution in [2.45, 2.75) is 38.3 Å². The van der Waals surface area contributed by atoms with E-state index in [1.54, 1.807) is 17.0 Å². The summed E-state index contributed by atoms with van der Waals surface area (Å²) >= 11 is 0. The Morgan fingerprint density at radius 2 is 1.90 bits per heavy atom. The molecular weight excluding hydrogens is 394 g/mol. The van der Waals surface area contributed by atoms with E-state index in [4.69, 9.17) is 4.74 Å². The highest BCUT2D eigenvalue weighted by atomic mass is 16.5. The van der Waals surface area contributed by atoms with Crippen LogP contribution in [0.3, 0.4) is 0 Å². The molecule has 2 aromatic carbocycles. The summed E-state index contributed by atoms with van der Waals surface area (Å²) in [5.41, 5.74) is 2.42. The number of amides is 3. The quantitative estimate of drug-likeness (QED) is 0.609. The Bertz CT molecular complexity index is 986. The molecule has 31 heavy (non-hydrogen) atoms. The predicted octanol–water partition coefficient (Wildman–Crippen LogP) is 2.36. The summed E-state index contributed by atoms with van der Waals surface area (Å²) < 4.78 is 5.66. The second kappa shape index (κ2) is 9.20. The predicted molar refractivity (Wildman–Crippen MR) is 116 cm³/mol. The zero-order chi connectivity index (χ0) is 21.8. The average molecular weight is 421 g/mol. The Hall–Kier alpha value is -3.35. The van der Waals surface area contributed by atoms with Crippen LogP contribution in [-0.2, 0) is 9.59 Å². The molecule has 1 unspecified atom stereocenters. The highest BCUT2D eigenvalue weighted by Gasteiger charge is 2.47. The largest absolute Gasteiger partial charge is 0.494 e. The maximum absolute atomic E-state index is 12.9. The second-order valence-electron chi connectivity index (χ2n) is 8.02. The third-order valence-electron chi connectivity index (χ3n) is 5.51. The summed E-state index contributed by atoms with van der Waals surface area (Å²) in [5, 5.41) is 5.48. The fourth-order valence-corrected chi connectivity index (χ4v) is 3.85. The van der Waals surface area contributed by atoms with Gasteiger partial charge in [-0.25, -0.2) is 0 Å². The van der Waals surface area contributed by atoms with Crippen LogP contribution in [0.4, 0.5) is 0 Å². The van der Waals surface area contributed by atoms with Crippen molar-refractivity contribution in [3.63, 3.8) is 0 Å². The van der Waals surface area contributed by atoms with Crippen molar-refractivity contribution in [3.05, 3.63) is 65.2 Å². The van der Waals surface area contributed by atoms with Gasteiger partial charge in [0.2, 0.25) is 11.8 Å². The standard InChI is InChI=1S/C24H27N3O4/c1-16-6-4-7-18(14-16)31-13-5-12-25-21(28)15-26-23(29)22-19-8-2-3-9-20(19)24(30)27(22)17-10-11-17/h2-4,6-9,14,17,22H,5,10-13,15H2,1H3,(H,25,28)(H,26,29). The molecule has 2 N–H and O–H groups in total. The van der Waals surface area contributed by atoms with Crippen LogP contribution in [0, 0.1) is 6.92 Å². The van der Waals surface area contributed by atoms with Crippen LogP contribution in [0.15, 0.2) is 48.5 Å². The number of nitrogens with zero attached hydrogens (tertiary/aromatic N) is 1. The molecule has 162 valence electrons. The molecule has 0 radical (unpaired) electrons. The lowest BCUT2D eigenvalue weighted by molar-refractivity contribution is -0.129. The van der Waals surface area contributed by atoms with Gasteiger partial charge in [0.05, 0.1) is 13.2 Å². The molecule has 7 heteroatoms. The normalized spacial score (nSPS) is 17.3. The highest BCUT2D eigenvalue weighted by molar-refractivity contribution is 6.05. The smallest absolute Gasteiger partial charge is 0.255 e. The van der Waals surface area contributed by atoms with E-state index < -0.39 is 6.04 Å². The van der Waals surface area contributed by atoms with Gasteiger partial charge in [-0.05, 0) is 55.5 Å². The zero-order valence-corrected chi connectivity index (χ0v) is 17.6. The Kier molecular flexibility index (Phi) is 6.21. The second-order valence-corrected chi connectivity index (χ2v) is 8.02. The Morgan fingerprint density at radius 3 is 2.68 bits per heavy atom. The van der Waals surface area contributed by atoms with Gasteiger partial charge in [0.1, 0.15) is 11.8 Å². The number of carbonyl (C=O) groups is 3. The maximum atomic E-state index is 12.9. The van der Waals surface area contributed by atoms with Crippen molar-refractivity contribution in [2.24, 2.45) is 0 Å². The van der Waals surface area contributed by atoms with Crippen LogP contribution >= 0.6 is 0 Å². The number of ether oxygens (including phenoxy) is 1. The molecule has 0 saturated heterocycles. The number of rotatable bonds is 9. The van der Waals surface area contributed by atoms with Crippen molar-refractivity contribution >= 4 is 17.7 Å². The molecule has 0 spiro atoms. The van der Waals surface area contributed by atoms with Gasteiger partial charge in [-0.1, -0.05) is 30.3 Å². The third-order valence-corrected chi connectivity index (χ3v) is 5.51. The fraction of sp³-hybridized carbons (Fsp3) is 0.375. The van der Waals surface area contributed by atoms with Gasteiger partial charge in [-0.2, -0.15) is 0 Å². The van der Waals surface area contributed by atoms with Gasteiger partial charge in [0.15, 0.2) is 0 Å². The lowest BCUT2D eigenvalue weighted by Gasteiger charge is -2.24. The first-order valence-electron chi connectivity index (χ1n) is 10.7. The van der Waals surface area contributed by atoms with Crippen LogP contribution in [0.2, 0.25) is 0 Å². The van der Waals surface area contributed by atoms with Gasteiger partial charge in [-0.3, -0.25) is 14.4 Å². The minimum Gasteiger partial charge on any atom is -0.494 e. The van der Waals surface area contributed by atoms with E-state index in [1.165, 1.54) is 0 Å². The maximum Gasteiger partial charge on any atom is 0.255 e. The number of hydrogen-bond acceptors (Lipinski definition) is 4. The van der Waals surface area contributed by atoms with Crippen LogP contribution in [0.25, 0.3) is 0 Å². The van der Waals surface area contributed by atoms with E-state index in [9.17, 15) is 14.4 Å². The third kappa shape index (κ3) is 4.87. The molecule has 4 rings (SSSR count). The van der Waals surface area contributed by atoms with E-state index in [0.717, 1.165) is 24.2 Å². The summed E-state index contributed by atoms with van der Waals surface area (Å²) in [7, 11) is 0. The van der Waals surface area contributed by atoms with Crippen LogP contribution < -0.4 is 15.4 Å². The van der Waals surface area contributed by atoms with Crippen LogP contribution in [0.1, 0.15) is 46.8 Å². The summed E-state index contributed by atoms with van der Waals surface area (Å²) in [6.07, 6.45) is 2.48. The Labute approximate surface area is 181 Å². The minimum atomic E-state index is -0.660. The highest BCUT2D eigenvalue weighted by Crippen LogP contribution is 2.41. The Morgan fingerprint density at radius 1 is 1.10 bits per heavy atom. The molecule has 0 aromatic heterocycles. The fourth-order valence-electron chi connectivity index (χ4n) is 3.85. The van der Waals surface area contributed by atoms with Crippen LogP contribution in [0.5, 0.6) is 5.75 Å². The van der Waals surface area contributed by atoms with Gasteiger partial charge >= 0.3 is 0 Å². The first-order valence-corrected chi connectivity index (χ1v) is 10.7. The minimum absolute atomic E-state index is 0.101. The van der Waals surface area contributed by atoms with Crippen molar-refractivity contribution in [1.82, 2.24) is 15.5 Å². The molecule has 1 heterocycles. The summed E-state index contributed by atoms with van der Waals surface area (Å²) in [6, 6.07) is 14.5. The average Bonchev–Trinajstić information content (AvgIpc) is 3.56. The topological polar surface area (TPSA) is 87.7 Å². The van der Waals surface area contributed by atoms with Gasteiger partial charge in [0, 0.05) is 18.2 Å². The number of benzene rings is 2. The molecule has 1 atom stereocenters. The Balaban J connectivity index is 1.22. The number of carbonyl (C=O) groups excluding carboxylic acids is 3. The van der Waals surface area contributed by atoms with E-state index in [0.29, 0.717) is 30.7 Å². The molecule has 1 saturated carbocycles. The van der Waals surface area contributed by atoms with Gasteiger partial charge in [0.25, 0.3) is 5.91 Å². The lowest BCUT2D eigenvalue weighted by atomic mass is 10.0. The van der Waals surface area contributed by atoms with Gasteiger partial charge in [-0.15, -0.1) is 0 Å². The molecule has 1 aliphatic heterocycles. The summed E-state index contributed by atoms with van der Waals surface area (Å²) in [5.74, 6) is 0.129. The van der Waals surface area contributed by atoms with E-state index in [1.807, 2.05) is 43.3 Å². The lowest BCUT2D eigenvalue weighted by Crippen LogP contribution is -2.44. The summed E-state index contributed by atoms with van der Waals surface area (Å²) in [4.78, 5) is 39.4. The first kappa shape index (κ1) is 20.9. The molecule has 1 aliphatic carbocycles. The molecule has 2 aromatic rings. The first-order chi connectivity index (χ1) is 15.0. The molecule has 1 fully saturated rings. The molecule has 2 aliphatic rings. The SMILES string of the molecule is Cc1cccc(OCCCNC(=O)CNC(=O)C2c3ccccc3C(=O)N2C2CC2)c1. The van der Waals surface area contributed by atoms with Gasteiger partial charge < -0.3 is 20.3 Å². The number of aryl methyl sites for hydroxylation is 1. The zero-order valence-electron chi connectivity index (χ0n) is 17.6. The summed E-state index contributed by atoms with van der Waals surface area (Å²) in [6.45, 7) is 2.83. The van der Waals surface area contributed by atoms with Crippen molar-refractivity contribution in [3.8, 4) is 5.75 Å². The van der Waals surface area contributed by atoms with E-state index in [2.05, 4.69) is 10.6 Å². The molecular formula is C24H27N3O4. The van der Waals surface area contributed by atoms with Crippen molar-refractivity contribution < 1.29 is 19.1 Å². The van der Waals surface area contributed by atoms with E-state index in [-0.39, 0.29) is 30.3 Å².